The Morgan fingerprint density at radius 2 is 2.14 bits per heavy atom. The van der Waals surface area contributed by atoms with Crippen molar-refractivity contribution in [2.75, 3.05) is 13.7 Å². The van der Waals surface area contributed by atoms with Gasteiger partial charge in [0.25, 0.3) is 0 Å². The monoisotopic (exact) mass is 216 g/mol. The van der Waals surface area contributed by atoms with E-state index in [1.54, 1.807) is 13.0 Å². The standard InChI is InChI=1S/C10H13ClO3/c1-6-8(11)5-7(3-4-12)9(13)10(6)14-2/h5,12-13H,3-4H2,1-2H3. The predicted molar refractivity (Wildman–Crippen MR) is 55.2 cm³/mol. The normalized spacial score (nSPS) is 10.3. The minimum Gasteiger partial charge on any atom is -0.504 e. The van der Waals surface area contributed by atoms with Crippen LogP contribution in [0.15, 0.2) is 6.07 Å². The van der Waals surface area contributed by atoms with Crippen LogP contribution < -0.4 is 4.74 Å². The first-order chi connectivity index (χ1) is 6.61. The van der Waals surface area contributed by atoms with Gasteiger partial charge in [0.05, 0.1) is 7.11 Å². The fourth-order valence-corrected chi connectivity index (χ4v) is 1.54. The van der Waals surface area contributed by atoms with Crippen molar-refractivity contribution in [3.63, 3.8) is 0 Å². The zero-order valence-corrected chi connectivity index (χ0v) is 8.93. The second-order valence-electron chi connectivity index (χ2n) is 3.00. The maximum atomic E-state index is 9.73. The number of hydrogen-bond acceptors (Lipinski definition) is 3. The van der Waals surface area contributed by atoms with E-state index in [0.717, 1.165) is 0 Å². The molecule has 0 amide bonds. The Morgan fingerprint density at radius 1 is 1.50 bits per heavy atom. The maximum Gasteiger partial charge on any atom is 0.165 e. The molecule has 0 heterocycles. The number of hydrogen-bond donors (Lipinski definition) is 2. The lowest BCUT2D eigenvalue weighted by Crippen LogP contribution is -1.96. The number of benzene rings is 1. The molecule has 14 heavy (non-hydrogen) atoms. The van der Waals surface area contributed by atoms with E-state index in [1.807, 2.05) is 0 Å². The molecule has 0 aromatic heterocycles. The third-order valence-corrected chi connectivity index (χ3v) is 2.50. The van der Waals surface area contributed by atoms with Crippen LogP contribution in [0.4, 0.5) is 0 Å². The van der Waals surface area contributed by atoms with Crippen LogP contribution in [0.25, 0.3) is 0 Å². The molecule has 1 aromatic carbocycles. The number of rotatable bonds is 3. The first-order valence-electron chi connectivity index (χ1n) is 4.27. The van der Waals surface area contributed by atoms with E-state index in [9.17, 15) is 5.11 Å². The summed E-state index contributed by atoms with van der Waals surface area (Å²) in [6.45, 7) is 1.74. The average Bonchev–Trinajstić information content (AvgIpc) is 2.16. The molecule has 3 nitrogen and oxygen atoms in total. The summed E-state index contributed by atoms with van der Waals surface area (Å²) in [5.74, 6) is 0.435. The Labute approximate surface area is 87.9 Å². The van der Waals surface area contributed by atoms with Crippen LogP contribution in [0.5, 0.6) is 11.5 Å². The van der Waals surface area contributed by atoms with Crippen LogP contribution in [-0.4, -0.2) is 23.9 Å². The molecule has 0 bridgehead atoms. The van der Waals surface area contributed by atoms with Crippen LogP contribution in [0, 0.1) is 6.92 Å². The highest BCUT2D eigenvalue weighted by atomic mass is 35.5. The van der Waals surface area contributed by atoms with Crippen molar-refractivity contribution in [2.24, 2.45) is 0 Å². The van der Waals surface area contributed by atoms with Gasteiger partial charge < -0.3 is 14.9 Å². The van der Waals surface area contributed by atoms with Gasteiger partial charge in [-0.15, -0.1) is 0 Å². The van der Waals surface area contributed by atoms with Crippen molar-refractivity contribution >= 4 is 11.6 Å². The van der Waals surface area contributed by atoms with E-state index >= 15 is 0 Å². The molecule has 0 aliphatic heterocycles. The minimum atomic E-state index is -0.0316. The Kier molecular flexibility index (Phi) is 3.61. The minimum absolute atomic E-state index is 0.0316. The van der Waals surface area contributed by atoms with E-state index in [4.69, 9.17) is 21.4 Å². The van der Waals surface area contributed by atoms with Crippen LogP contribution in [0.1, 0.15) is 11.1 Å². The fourth-order valence-electron chi connectivity index (χ4n) is 1.32. The van der Waals surface area contributed by atoms with Gasteiger partial charge in [-0.1, -0.05) is 11.6 Å². The molecule has 0 aliphatic carbocycles. The molecular formula is C10H13ClO3. The van der Waals surface area contributed by atoms with Gasteiger partial charge in [0.2, 0.25) is 0 Å². The highest BCUT2D eigenvalue weighted by Crippen LogP contribution is 2.37. The second kappa shape index (κ2) is 4.53. The lowest BCUT2D eigenvalue weighted by Gasteiger charge is -2.12. The summed E-state index contributed by atoms with van der Waals surface area (Å²) in [5, 5.41) is 19.0. The molecule has 1 rings (SSSR count). The van der Waals surface area contributed by atoms with Gasteiger partial charge in [0.15, 0.2) is 11.5 Å². The van der Waals surface area contributed by atoms with Crippen LogP contribution in [-0.2, 0) is 6.42 Å². The molecule has 0 radical (unpaired) electrons. The number of methoxy groups -OCH3 is 1. The summed E-state index contributed by atoms with van der Waals surface area (Å²) in [7, 11) is 1.47. The summed E-state index contributed by atoms with van der Waals surface area (Å²) in [6, 6.07) is 1.64. The molecule has 0 saturated heterocycles. The van der Waals surface area contributed by atoms with Crippen molar-refractivity contribution in [3.8, 4) is 11.5 Å². The molecule has 1 aromatic rings. The molecule has 2 N–H and O–H groups in total. The molecule has 0 unspecified atom stereocenters. The van der Waals surface area contributed by atoms with Gasteiger partial charge in [0, 0.05) is 22.8 Å². The van der Waals surface area contributed by atoms with Gasteiger partial charge in [-0.25, -0.2) is 0 Å². The van der Waals surface area contributed by atoms with Crippen molar-refractivity contribution in [3.05, 3.63) is 22.2 Å². The number of aliphatic hydroxyl groups excluding tert-OH is 1. The Bertz CT molecular complexity index is 337. The van der Waals surface area contributed by atoms with Crippen molar-refractivity contribution in [1.29, 1.82) is 0 Å². The summed E-state index contributed by atoms with van der Waals surface area (Å²) < 4.78 is 5.03. The molecule has 0 fully saturated rings. The summed E-state index contributed by atoms with van der Waals surface area (Å²) in [6.07, 6.45) is 0.363. The van der Waals surface area contributed by atoms with E-state index in [1.165, 1.54) is 7.11 Å². The van der Waals surface area contributed by atoms with Crippen molar-refractivity contribution < 1.29 is 14.9 Å². The number of halogens is 1. The van der Waals surface area contributed by atoms with E-state index in [0.29, 0.717) is 28.3 Å². The van der Waals surface area contributed by atoms with Gasteiger partial charge in [-0.2, -0.15) is 0 Å². The zero-order chi connectivity index (χ0) is 10.7. The summed E-state index contributed by atoms with van der Waals surface area (Å²) >= 11 is 5.93. The molecule has 0 aliphatic rings. The molecular weight excluding hydrogens is 204 g/mol. The predicted octanol–water partition coefficient (Wildman–Crippen LogP) is 1.90. The Hall–Kier alpha value is -0.930. The van der Waals surface area contributed by atoms with Crippen LogP contribution in [0.3, 0.4) is 0 Å². The number of phenols is 1. The quantitative estimate of drug-likeness (QED) is 0.812. The zero-order valence-electron chi connectivity index (χ0n) is 8.17. The average molecular weight is 217 g/mol. The Balaban J connectivity index is 3.27. The third kappa shape index (κ3) is 1.94. The van der Waals surface area contributed by atoms with Crippen LogP contribution in [0.2, 0.25) is 5.02 Å². The molecule has 0 saturated carbocycles. The highest BCUT2D eigenvalue weighted by Gasteiger charge is 2.13. The van der Waals surface area contributed by atoms with Crippen molar-refractivity contribution in [1.82, 2.24) is 0 Å². The maximum absolute atomic E-state index is 9.73. The molecule has 0 spiro atoms. The van der Waals surface area contributed by atoms with E-state index in [2.05, 4.69) is 0 Å². The van der Waals surface area contributed by atoms with E-state index in [-0.39, 0.29) is 12.4 Å². The lowest BCUT2D eigenvalue weighted by molar-refractivity contribution is 0.296. The third-order valence-electron chi connectivity index (χ3n) is 2.10. The van der Waals surface area contributed by atoms with Gasteiger partial charge in [-0.05, 0) is 19.4 Å². The fraction of sp³-hybridized carbons (Fsp3) is 0.400. The molecule has 4 heteroatoms. The largest absolute Gasteiger partial charge is 0.504 e. The second-order valence-corrected chi connectivity index (χ2v) is 3.41. The summed E-state index contributed by atoms with van der Waals surface area (Å²) in [5.41, 5.74) is 1.30. The smallest absolute Gasteiger partial charge is 0.165 e. The van der Waals surface area contributed by atoms with Gasteiger partial charge >= 0.3 is 0 Å². The highest BCUT2D eigenvalue weighted by molar-refractivity contribution is 6.31. The summed E-state index contributed by atoms with van der Waals surface area (Å²) in [4.78, 5) is 0. The lowest BCUT2D eigenvalue weighted by atomic mass is 10.1. The van der Waals surface area contributed by atoms with Gasteiger partial charge in [0.1, 0.15) is 0 Å². The molecule has 78 valence electrons. The first kappa shape index (κ1) is 11.1. The SMILES string of the molecule is COc1c(C)c(Cl)cc(CCO)c1O. The number of phenolic OH excluding ortho intramolecular Hbond substituents is 1. The van der Waals surface area contributed by atoms with Crippen molar-refractivity contribution in [2.45, 2.75) is 13.3 Å². The number of aliphatic hydroxyl groups is 1. The number of ether oxygens (including phenoxy) is 1. The van der Waals surface area contributed by atoms with E-state index < -0.39 is 0 Å². The first-order valence-corrected chi connectivity index (χ1v) is 4.65. The Morgan fingerprint density at radius 3 is 2.64 bits per heavy atom. The number of aromatic hydroxyl groups is 1. The molecule has 0 atom stereocenters. The van der Waals surface area contributed by atoms with Gasteiger partial charge in [-0.3, -0.25) is 0 Å². The van der Waals surface area contributed by atoms with Crippen LogP contribution >= 0.6 is 11.6 Å². The topological polar surface area (TPSA) is 49.7 Å².